The maximum Gasteiger partial charge on any atom is 0.289 e. The van der Waals surface area contributed by atoms with E-state index < -0.39 is 0 Å². The predicted octanol–water partition coefficient (Wildman–Crippen LogP) is 2.42. The van der Waals surface area contributed by atoms with Crippen LogP contribution in [0.1, 0.15) is 35.1 Å². The Labute approximate surface area is 156 Å². The first-order chi connectivity index (χ1) is 13.2. The van der Waals surface area contributed by atoms with E-state index in [-0.39, 0.29) is 11.8 Å². The van der Waals surface area contributed by atoms with Gasteiger partial charge in [0.05, 0.1) is 18.1 Å². The van der Waals surface area contributed by atoms with Crippen LogP contribution in [0.3, 0.4) is 0 Å². The Morgan fingerprint density at radius 2 is 2.15 bits per heavy atom. The highest BCUT2D eigenvalue weighted by molar-refractivity contribution is 5.90. The average molecular weight is 364 g/mol. The van der Waals surface area contributed by atoms with Gasteiger partial charge in [0.1, 0.15) is 5.75 Å². The third-order valence-electron chi connectivity index (χ3n) is 4.63. The first kappa shape index (κ1) is 17.1. The number of ether oxygens (including phenoxy) is 1. The maximum absolute atomic E-state index is 12.7. The fraction of sp³-hybridized carbons (Fsp3) is 0.316. The highest BCUT2D eigenvalue weighted by Crippen LogP contribution is 2.28. The van der Waals surface area contributed by atoms with Gasteiger partial charge in [0.25, 0.3) is 5.91 Å². The molecule has 0 radical (unpaired) electrons. The van der Waals surface area contributed by atoms with Gasteiger partial charge in [0.15, 0.2) is 5.82 Å². The van der Waals surface area contributed by atoms with E-state index in [2.05, 4.69) is 19.9 Å². The van der Waals surface area contributed by atoms with E-state index in [1.54, 1.807) is 47.8 Å². The number of hydrogen-bond donors (Lipinski definition) is 0. The van der Waals surface area contributed by atoms with Crippen molar-refractivity contribution in [3.05, 3.63) is 60.8 Å². The number of carbonyl (C=O) groups is 1. The molecular formula is C19H20N6O2. The number of carbonyl (C=O) groups excluding carboxylic acids is 1. The topological polar surface area (TPSA) is 86.0 Å². The van der Waals surface area contributed by atoms with Crippen molar-refractivity contribution < 1.29 is 9.53 Å². The highest BCUT2D eigenvalue weighted by atomic mass is 16.5. The fourth-order valence-electron chi connectivity index (χ4n) is 3.25. The summed E-state index contributed by atoms with van der Waals surface area (Å²) in [6, 6.07) is 3.62. The number of amides is 1. The lowest BCUT2D eigenvalue weighted by Gasteiger charge is -2.32. The van der Waals surface area contributed by atoms with E-state index >= 15 is 0 Å². The van der Waals surface area contributed by atoms with Crippen molar-refractivity contribution in [2.75, 3.05) is 13.1 Å². The highest BCUT2D eigenvalue weighted by Gasteiger charge is 2.28. The minimum atomic E-state index is -0.0528. The van der Waals surface area contributed by atoms with Gasteiger partial charge in [-0.25, -0.2) is 9.97 Å². The molecule has 0 aliphatic carbocycles. The third kappa shape index (κ3) is 3.79. The van der Waals surface area contributed by atoms with Crippen LogP contribution in [0.5, 0.6) is 11.6 Å². The molecule has 4 heterocycles. The normalized spacial score (nSPS) is 16.9. The van der Waals surface area contributed by atoms with Crippen LogP contribution >= 0.6 is 0 Å². The van der Waals surface area contributed by atoms with Gasteiger partial charge in [-0.3, -0.25) is 14.8 Å². The quantitative estimate of drug-likeness (QED) is 0.707. The maximum atomic E-state index is 12.7. The van der Waals surface area contributed by atoms with E-state index in [4.69, 9.17) is 4.74 Å². The van der Waals surface area contributed by atoms with E-state index in [9.17, 15) is 4.79 Å². The van der Waals surface area contributed by atoms with Crippen LogP contribution in [0.25, 0.3) is 0 Å². The van der Waals surface area contributed by atoms with Crippen LogP contribution in [0.15, 0.2) is 49.3 Å². The van der Waals surface area contributed by atoms with Crippen LogP contribution in [-0.2, 0) is 7.05 Å². The molecule has 0 spiro atoms. The molecule has 138 valence electrons. The molecule has 0 bridgehead atoms. The molecule has 1 atom stereocenters. The molecule has 1 amide bonds. The van der Waals surface area contributed by atoms with Crippen molar-refractivity contribution in [1.29, 1.82) is 0 Å². The molecule has 8 nitrogen and oxygen atoms in total. The molecule has 1 aliphatic rings. The van der Waals surface area contributed by atoms with Gasteiger partial charge >= 0.3 is 0 Å². The largest absolute Gasteiger partial charge is 0.436 e. The van der Waals surface area contributed by atoms with Gasteiger partial charge in [0, 0.05) is 50.8 Å². The summed E-state index contributed by atoms with van der Waals surface area (Å²) in [5.41, 5.74) is 0.828. The van der Waals surface area contributed by atoms with Crippen LogP contribution in [0.4, 0.5) is 0 Å². The smallest absolute Gasteiger partial charge is 0.289 e. The molecule has 0 N–H and O–H groups in total. The standard InChI is InChI=1S/C19H20N6O2/c1-24-9-7-22-18(24)19(26)25-8-3-4-14(13-25)16-11-21-12-17(23-16)27-15-5-2-6-20-10-15/h2,5-7,9-12,14H,3-4,8,13H2,1H3. The fourth-order valence-corrected chi connectivity index (χ4v) is 3.25. The number of imidazole rings is 1. The molecule has 8 heteroatoms. The number of nitrogens with zero attached hydrogens (tertiary/aromatic N) is 6. The lowest BCUT2D eigenvalue weighted by molar-refractivity contribution is 0.0689. The number of pyridine rings is 1. The molecule has 1 unspecified atom stereocenters. The van der Waals surface area contributed by atoms with Crippen molar-refractivity contribution in [1.82, 2.24) is 29.4 Å². The number of hydrogen-bond acceptors (Lipinski definition) is 6. The van der Waals surface area contributed by atoms with Crippen molar-refractivity contribution in [2.24, 2.45) is 7.05 Å². The van der Waals surface area contributed by atoms with E-state index in [1.807, 2.05) is 18.0 Å². The lowest BCUT2D eigenvalue weighted by atomic mass is 9.95. The molecule has 4 rings (SSSR count). The van der Waals surface area contributed by atoms with Crippen molar-refractivity contribution in [3.63, 3.8) is 0 Å². The number of aromatic nitrogens is 5. The molecule has 1 fully saturated rings. The predicted molar refractivity (Wildman–Crippen MR) is 97.4 cm³/mol. The van der Waals surface area contributed by atoms with Crippen LogP contribution < -0.4 is 4.74 Å². The van der Waals surface area contributed by atoms with Gasteiger partial charge in [-0.2, -0.15) is 0 Å². The molecule has 1 saturated heterocycles. The first-order valence-electron chi connectivity index (χ1n) is 8.87. The minimum Gasteiger partial charge on any atom is -0.436 e. The summed E-state index contributed by atoms with van der Waals surface area (Å²) >= 11 is 0. The monoisotopic (exact) mass is 364 g/mol. The zero-order valence-electron chi connectivity index (χ0n) is 15.0. The molecular weight excluding hydrogens is 344 g/mol. The lowest BCUT2D eigenvalue weighted by Crippen LogP contribution is -2.40. The van der Waals surface area contributed by atoms with Gasteiger partial charge in [0.2, 0.25) is 5.88 Å². The van der Waals surface area contributed by atoms with Crippen LogP contribution in [0, 0.1) is 0 Å². The van der Waals surface area contributed by atoms with Crippen molar-refractivity contribution in [2.45, 2.75) is 18.8 Å². The molecule has 27 heavy (non-hydrogen) atoms. The Balaban J connectivity index is 1.49. The average Bonchev–Trinajstić information content (AvgIpc) is 3.14. The summed E-state index contributed by atoms with van der Waals surface area (Å²) in [6.45, 7) is 1.32. The molecule has 3 aromatic heterocycles. The SMILES string of the molecule is Cn1ccnc1C(=O)N1CCCC(c2cncc(Oc3cccnc3)n2)C1. The van der Waals surface area contributed by atoms with Gasteiger partial charge < -0.3 is 14.2 Å². The number of aryl methyl sites for hydroxylation is 1. The van der Waals surface area contributed by atoms with E-state index in [1.165, 1.54) is 0 Å². The summed E-state index contributed by atoms with van der Waals surface area (Å²) in [7, 11) is 1.83. The minimum absolute atomic E-state index is 0.0528. The number of likely N-dealkylation sites (tertiary alicyclic amines) is 1. The second-order valence-corrected chi connectivity index (χ2v) is 6.53. The Morgan fingerprint density at radius 3 is 2.93 bits per heavy atom. The van der Waals surface area contributed by atoms with Gasteiger partial charge in [-0.15, -0.1) is 0 Å². The second-order valence-electron chi connectivity index (χ2n) is 6.53. The van der Waals surface area contributed by atoms with Crippen molar-refractivity contribution in [3.8, 4) is 11.6 Å². The number of piperidine rings is 1. The summed E-state index contributed by atoms with van der Waals surface area (Å²) in [5.74, 6) is 1.55. The van der Waals surface area contributed by atoms with Crippen LogP contribution in [0.2, 0.25) is 0 Å². The second kappa shape index (κ2) is 7.53. The zero-order chi connectivity index (χ0) is 18.6. The first-order valence-corrected chi connectivity index (χ1v) is 8.87. The molecule has 3 aromatic rings. The summed E-state index contributed by atoms with van der Waals surface area (Å²) in [6.07, 6.45) is 11.9. The van der Waals surface area contributed by atoms with Gasteiger partial charge in [-0.1, -0.05) is 0 Å². The molecule has 0 aromatic carbocycles. The van der Waals surface area contributed by atoms with Crippen molar-refractivity contribution >= 4 is 5.91 Å². The summed E-state index contributed by atoms with van der Waals surface area (Å²) in [5, 5.41) is 0. The summed E-state index contributed by atoms with van der Waals surface area (Å²) < 4.78 is 7.47. The molecule has 1 aliphatic heterocycles. The van der Waals surface area contributed by atoms with Crippen LogP contribution in [-0.4, -0.2) is 48.4 Å². The Morgan fingerprint density at radius 1 is 1.22 bits per heavy atom. The third-order valence-corrected chi connectivity index (χ3v) is 4.63. The zero-order valence-corrected chi connectivity index (χ0v) is 15.0. The van der Waals surface area contributed by atoms with E-state index in [0.29, 0.717) is 24.0 Å². The van der Waals surface area contributed by atoms with E-state index in [0.717, 1.165) is 25.1 Å². The Bertz CT molecular complexity index is 927. The summed E-state index contributed by atoms with van der Waals surface area (Å²) in [4.78, 5) is 31.6. The Hall–Kier alpha value is -3.29. The van der Waals surface area contributed by atoms with Gasteiger partial charge in [-0.05, 0) is 25.0 Å². The molecule has 0 saturated carbocycles. The number of rotatable bonds is 4. The Kier molecular flexibility index (Phi) is 4.78.